The highest BCUT2D eigenvalue weighted by atomic mass is 19.2. The van der Waals surface area contributed by atoms with Crippen molar-refractivity contribution in [1.29, 1.82) is 0 Å². The number of aromatic hydroxyl groups is 1. The molecule has 1 aromatic heterocycles. The molecule has 0 atom stereocenters. The van der Waals surface area contributed by atoms with E-state index in [1.165, 1.54) is 23.8 Å². The Kier molecular flexibility index (Phi) is 5.81. The highest BCUT2D eigenvalue weighted by molar-refractivity contribution is 5.93. The molecule has 0 spiro atoms. The number of nitrogens with zero attached hydrogens (tertiary/aromatic N) is 1. The van der Waals surface area contributed by atoms with Crippen molar-refractivity contribution in [2.45, 2.75) is 32.1 Å². The fraction of sp³-hybridized carbons (Fsp3) is 0.318. The molecule has 0 bridgehead atoms. The van der Waals surface area contributed by atoms with Crippen LogP contribution in [0.15, 0.2) is 30.3 Å². The predicted molar refractivity (Wildman–Crippen MR) is 106 cm³/mol. The second kappa shape index (κ2) is 8.02. The Bertz CT molecular complexity index is 1120. The van der Waals surface area contributed by atoms with Crippen LogP contribution in [0.4, 0.5) is 13.2 Å². The van der Waals surface area contributed by atoms with E-state index in [9.17, 15) is 28.2 Å². The Balaban J connectivity index is 2.47. The number of halogens is 3. The lowest BCUT2D eigenvalue weighted by Gasteiger charge is -2.28. The molecule has 0 aliphatic heterocycles. The third-order valence-corrected chi connectivity index (χ3v) is 5.01. The highest BCUT2D eigenvalue weighted by Crippen LogP contribution is 2.42. The average Bonchev–Trinajstić information content (AvgIpc) is 2.97. The van der Waals surface area contributed by atoms with E-state index in [4.69, 9.17) is 4.74 Å². The van der Waals surface area contributed by atoms with Gasteiger partial charge in [0.25, 0.3) is 0 Å². The minimum Gasteiger partial charge on any atom is -0.507 e. The maximum Gasteiger partial charge on any atom is 0.303 e. The Morgan fingerprint density at radius 1 is 1.13 bits per heavy atom. The Labute approximate surface area is 171 Å². The second-order valence-electron chi connectivity index (χ2n) is 7.79. The Morgan fingerprint density at radius 3 is 2.43 bits per heavy atom. The fourth-order valence-electron chi connectivity index (χ4n) is 3.95. The van der Waals surface area contributed by atoms with E-state index < -0.39 is 28.8 Å². The minimum absolute atomic E-state index is 0.0458. The number of aryl methyl sites for hydroxylation is 1. The molecule has 5 nitrogen and oxygen atoms in total. The van der Waals surface area contributed by atoms with Crippen molar-refractivity contribution in [2.24, 2.45) is 0 Å². The molecule has 160 valence electrons. The van der Waals surface area contributed by atoms with Gasteiger partial charge in [0, 0.05) is 47.8 Å². The SMILES string of the molecule is COCC(C)(C)c1c(CCC(=O)O)c2c(O)cc(F)cc2n1-c1ccc(F)c(F)c1. The number of methoxy groups -OCH3 is 1. The maximum atomic E-state index is 14.2. The summed E-state index contributed by atoms with van der Waals surface area (Å²) in [6.45, 7) is 3.87. The number of benzene rings is 2. The first kappa shape index (κ1) is 21.7. The van der Waals surface area contributed by atoms with Crippen LogP contribution in [0.1, 0.15) is 31.5 Å². The Morgan fingerprint density at radius 2 is 1.83 bits per heavy atom. The monoisotopic (exact) mass is 421 g/mol. The van der Waals surface area contributed by atoms with E-state index in [2.05, 4.69) is 0 Å². The van der Waals surface area contributed by atoms with Crippen LogP contribution in [0.25, 0.3) is 16.6 Å². The molecule has 0 unspecified atom stereocenters. The van der Waals surface area contributed by atoms with Crippen molar-refractivity contribution in [3.05, 3.63) is 59.0 Å². The summed E-state index contributed by atoms with van der Waals surface area (Å²) in [5.74, 6) is -4.24. The molecule has 0 saturated heterocycles. The lowest BCUT2D eigenvalue weighted by atomic mass is 9.85. The van der Waals surface area contributed by atoms with Crippen LogP contribution in [0, 0.1) is 17.5 Å². The number of phenols is 1. The van der Waals surface area contributed by atoms with Crippen molar-refractivity contribution in [3.8, 4) is 11.4 Å². The van der Waals surface area contributed by atoms with Gasteiger partial charge in [-0.25, -0.2) is 13.2 Å². The molecule has 0 saturated carbocycles. The zero-order valence-corrected chi connectivity index (χ0v) is 16.8. The third kappa shape index (κ3) is 3.87. The van der Waals surface area contributed by atoms with Gasteiger partial charge in [0.2, 0.25) is 0 Å². The lowest BCUT2D eigenvalue weighted by Crippen LogP contribution is -2.28. The smallest absolute Gasteiger partial charge is 0.303 e. The number of aliphatic carboxylic acids is 1. The van der Waals surface area contributed by atoms with Crippen molar-refractivity contribution in [1.82, 2.24) is 4.57 Å². The topological polar surface area (TPSA) is 71.7 Å². The van der Waals surface area contributed by atoms with Gasteiger partial charge in [-0.05, 0) is 30.2 Å². The molecule has 0 radical (unpaired) electrons. The molecule has 2 N–H and O–H groups in total. The van der Waals surface area contributed by atoms with Crippen molar-refractivity contribution < 1.29 is 32.9 Å². The summed E-state index contributed by atoms with van der Waals surface area (Å²) >= 11 is 0. The number of carboxylic acids is 1. The Hall–Kier alpha value is -3.00. The second-order valence-corrected chi connectivity index (χ2v) is 7.79. The van der Waals surface area contributed by atoms with Crippen molar-refractivity contribution >= 4 is 16.9 Å². The van der Waals surface area contributed by atoms with Crippen molar-refractivity contribution in [3.63, 3.8) is 0 Å². The average molecular weight is 421 g/mol. The fourth-order valence-corrected chi connectivity index (χ4v) is 3.95. The van der Waals surface area contributed by atoms with Gasteiger partial charge in [0.15, 0.2) is 11.6 Å². The van der Waals surface area contributed by atoms with Crippen molar-refractivity contribution in [2.75, 3.05) is 13.7 Å². The molecular formula is C22H22F3NO4. The zero-order valence-electron chi connectivity index (χ0n) is 16.8. The maximum absolute atomic E-state index is 14.2. The lowest BCUT2D eigenvalue weighted by molar-refractivity contribution is -0.136. The number of hydrogen-bond donors (Lipinski definition) is 2. The molecule has 3 aromatic rings. The molecule has 8 heteroatoms. The zero-order chi connectivity index (χ0) is 22.2. The third-order valence-electron chi connectivity index (χ3n) is 5.01. The molecule has 2 aromatic carbocycles. The van der Waals surface area contributed by atoms with Gasteiger partial charge in [-0.15, -0.1) is 0 Å². The van der Waals surface area contributed by atoms with Gasteiger partial charge in [0.05, 0.1) is 12.1 Å². The summed E-state index contributed by atoms with van der Waals surface area (Å²) in [5, 5.41) is 20.0. The largest absolute Gasteiger partial charge is 0.507 e. The van der Waals surface area contributed by atoms with E-state index in [-0.39, 0.29) is 41.8 Å². The van der Waals surface area contributed by atoms with E-state index in [1.807, 2.05) is 13.8 Å². The van der Waals surface area contributed by atoms with Crippen LogP contribution in [-0.4, -0.2) is 34.5 Å². The van der Waals surface area contributed by atoms with Crippen LogP contribution in [-0.2, 0) is 21.4 Å². The molecule has 3 rings (SSSR count). The number of aromatic nitrogens is 1. The van der Waals surface area contributed by atoms with Gasteiger partial charge < -0.3 is 19.5 Å². The first-order valence-corrected chi connectivity index (χ1v) is 9.29. The summed E-state index contributed by atoms with van der Waals surface area (Å²) in [6.07, 6.45) is -0.187. The molecule has 0 aliphatic carbocycles. The normalized spacial score (nSPS) is 11.9. The molecule has 1 heterocycles. The van der Waals surface area contributed by atoms with Crippen LogP contribution in [0.3, 0.4) is 0 Å². The van der Waals surface area contributed by atoms with Gasteiger partial charge in [-0.3, -0.25) is 4.79 Å². The summed E-state index contributed by atoms with van der Waals surface area (Å²) in [5.41, 5.74) is 0.696. The first-order valence-electron chi connectivity index (χ1n) is 9.29. The first-order chi connectivity index (χ1) is 14.1. The molecule has 0 aliphatic rings. The van der Waals surface area contributed by atoms with Crippen LogP contribution < -0.4 is 0 Å². The molecule has 0 fully saturated rings. The number of hydrogen-bond acceptors (Lipinski definition) is 3. The number of ether oxygens (including phenoxy) is 1. The molecule has 0 amide bonds. The van der Waals surface area contributed by atoms with E-state index in [1.54, 1.807) is 0 Å². The number of carboxylic acid groups (broad SMARTS) is 1. The van der Waals surface area contributed by atoms with E-state index >= 15 is 0 Å². The standard InChI is InChI=1S/C22H22F3NO4/c1-22(2,11-30-3)21-14(5-7-19(28)29)20-17(8-12(23)9-18(20)27)26(21)13-4-6-15(24)16(25)10-13/h4,6,8-10,27H,5,7,11H2,1-3H3,(H,28,29). The van der Waals surface area contributed by atoms with Gasteiger partial charge in [-0.1, -0.05) is 13.8 Å². The number of phenolic OH excluding ortho intramolecular Hbond substituents is 1. The van der Waals surface area contributed by atoms with Crippen LogP contribution in [0.2, 0.25) is 0 Å². The van der Waals surface area contributed by atoms with E-state index in [0.29, 0.717) is 11.3 Å². The number of carbonyl (C=O) groups is 1. The predicted octanol–water partition coefficient (Wildman–Crippen LogP) is 4.69. The van der Waals surface area contributed by atoms with E-state index in [0.717, 1.165) is 18.2 Å². The van der Waals surface area contributed by atoms with Gasteiger partial charge >= 0.3 is 5.97 Å². The quantitative estimate of drug-likeness (QED) is 0.580. The van der Waals surface area contributed by atoms with Gasteiger partial charge in [-0.2, -0.15) is 0 Å². The molecule has 30 heavy (non-hydrogen) atoms. The summed E-state index contributed by atoms with van der Waals surface area (Å²) in [6, 6.07) is 5.39. The number of rotatable bonds is 7. The summed E-state index contributed by atoms with van der Waals surface area (Å²) < 4.78 is 48.7. The highest BCUT2D eigenvalue weighted by Gasteiger charge is 2.33. The van der Waals surface area contributed by atoms with Crippen LogP contribution >= 0.6 is 0 Å². The summed E-state index contributed by atoms with van der Waals surface area (Å²) in [4.78, 5) is 11.2. The molecular weight excluding hydrogens is 399 g/mol. The number of fused-ring (bicyclic) bond motifs is 1. The van der Waals surface area contributed by atoms with Crippen LogP contribution in [0.5, 0.6) is 5.75 Å². The summed E-state index contributed by atoms with van der Waals surface area (Å²) in [7, 11) is 1.50. The van der Waals surface area contributed by atoms with Gasteiger partial charge in [0.1, 0.15) is 11.6 Å². The minimum atomic E-state index is -1.09.